The summed E-state index contributed by atoms with van der Waals surface area (Å²) in [4.78, 5) is 3.77. The molecule has 0 saturated carbocycles. The van der Waals surface area contributed by atoms with Crippen molar-refractivity contribution in [2.75, 3.05) is 5.48 Å². The number of aromatic nitrogens is 1. The van der Waals surface area contributed by atoms with E-state index in [1.165, 1.54) is 0 Å². The lowest BCUT2D eigenvalue weighted by Crippen LogP contribution is -1.87. The number of pyridine rings is 1. The van der Waals surface area contributed by atoms with Crippen LogP contribution in [0.1, 0.15) is 5.56 Å². The quantitative estimate of drug-likeness (QED) is 0.572. The van der Waals surface area contributed by atoms with Gasteiger partial charge in [-0.05, 0) is 18.6 Å². The van der Waals surface area contributed by atoms with Crippen molar-refractivity contribution in [2.24, 2.45) is 0 Å². The molecule has 0 bridgehead atoms. The van der Waals surface area contributed by atoms with Crippen LogP contribution in [0.25, 0.3) is 0 Å². The van der Waals surface area contributed by atoms with Crippen molar-refractivity contribution in [3.63, 3.8) is 0 Å². The van der Waals surface area contributed by atoms with Crippen LogP contribution in [0.2, 0.25) is 0 Å². The second-order valence-corrected chi connectivity index (χ2v) is 1.82. The molecular weight excluding hydrogens is 116 g/mol. The third-order valence-corrected chi connectivity index (χ3v) is 1.02. The van der Waals surface area contributed by atoms with E-state index in [9.17, 15) is 5.21 Å². The van der Waals surface area contributed by atoms with E-state index in [0.717, 1.165) is 5.56 Å². The summed E-state index contributed by atoms with van der Waals surface area (Å²) in [5.41, 5.74) is 2.74. The average Bonchev–Trinajstić information content (AvgIpc) is 1.90. The van der Waals surface area contributed by atoms with Gasteiger partial charge in [0.15, 0.2) is 0 Å². The van der Waals surface area contributed by atoms with E-state index >= 15 is 0 Å². The van der Waals surface area contributed by atoms with E-state index in [4.69, 9.17) is 0 Å². The van der Waals surface area contributed by atoms with E-state index < -0.39 is 0 Å². The molecule has 48 valence electrons. The highest BCUT2D eigenvalue weighted by molar-refractivity contribution is 5.35. The summed E-state index contributed by atoms with van der Waals surface area (Å²) in [6.07, 6.45) is 1.64. The lowest BCUT2D eigenvalue weighted by atomic mass is 10.3. The van der Waals surface area contributed by atoms with Gasteiger partial charge in [-0.15, -0.1) is 0 Å². The first-order valence-electron chi connectivity index (χ1n) is 2.64. The molecule has 0 spiro atoms. The van der Waals surface area contributed by atoms with E-state index in [1.807, 2.05) is 13.0 Å². The van der Waals surface area contributed by atoms with Crippen molar-refractivity contribution < 1.29 is 0 Å². The van der Waals surface area contributed by atoms with Crippen LogP contribution in [0, 0.1) is 12.1 Å². The molecule has 0 atom stereocenters. The van der Waals surface area contributed by atoms with Gasteiger partial charge in [0.1, 0.15) is 5.82 Å². The molecule has 0 aliphatic carbocycles. The first kappa shape index (κ1) is 6.04. The van der Waals surface area contributed by atoms with E-state index in [1.54, 1.807) is 17.7 Å². The van der Waals surface area contributed by atoms with Crippen LogP contribution >= 0.6 is 0 Å². The van der Waals surface area contributed by atoms with Crippen LogP contribution < -0.4 is 5.48 Å². The Morgan fingerprint density at radius 2 is 2.33 bits per heavy atom. The number of aryl methyl sites for hydroxylation is 1. The van der Waals surface area contributed by atoms with Gasteiger partial charge < -0.3 is 10.7 Å². The van der Waals surface area contributed by atoms with Gasteiger partial charge in [0.05, 0.1) is 0 Å². The van der Waals surface area contributed by atoms with Crippen molar-refractivity contribution in [2.45, 2.75) is 6.92 Å². The van der Waals surface area contributed by atoms with Gasteiger partial charge in [-0.1, -0.05) is 6.07 Å². The van der Waals surface area contributed by atoms with Crippen molar-refractivity contribution >= 4 is 5.82 Å². The average molecular weight is 123 g/mol. The predicted octanol–water partition coefficient (Wildman–Crippen LogP) is 1.30. The second kappa shape index (κ2) is 2.46. The van der Waals surface area contributed by atoms with Crippen molar-refractivity contribution in [3.8, 4) is 0 Å². The lowest BCUT2D eigenvalue weighted by molar-refractivity contribution is 1.26. The maximum absolute atomic E-state index is 9.93. The minimum Gasteiger partial charge on any atom is -0.760 e. The first-order valence-corrected chi connectivity index (χ1v) is 2.64. The predicted molar refractivity (Wildman–Crippen MR) is 36.0 cm³/mol. The van der Waals surface area contributed by atoms with Gasteiger partial charge in [0.2, 0.25) is 0 Å². The molecule has 3 heteroatoms. The molecule has 0 saturated heterocycles. The molecular formula is C6H7N2O-. The van der Waals surface area contributed by atoms with Gasteiger partial charge >= 0.3 is 0 Å². The zero-order valence-corrected chi connectivity index (χ0v) is 5.09. The Morgan fingerprint density at radius 3 is 2.78 bits per heavy atom. The monoisotopic (exact) mass is 123 g/mol. The summed E-state index contributed by atoms with van der Waals surface area (Å²) in [5.74, 6) is 0.362. The fourth-order valence-corrected chi connectivity index (χ4v) is 0.528. The van der Waals surface area contributed by atoms with Crippen LogP contribution in [0.15, 0.2) is 18.3 Å². The standard InChI is InChI=1S/C6H7N2O/c1-5-2-3-6(8-9)7-4-5/h2-4H,1H3,(H-,7,8,9)/q-1. The normalized spacial score (nSPS) is 9.11. The minimum absolute atomic E-state index is 0.362. The Kier molecular flexibility index (Phi) is 1.65. The summed E-state index contributed by atoms with van der Waals surface area (Å²) in [5, 5.41) is 9.93. The number of hydrogen-bond acceptors (Lipinski definition) is 3. The molecule has 1 N–H and O–H groups in total. The molecule has 0 amide bonds. The van der Waals surface area contributed by atoms with Gasteiger partial charge in [-0.3, -0.25) is 0 Å². The lowest BCUT2D eigenvalue weighted by Gasteiger charge is -2.06. The van der Waals surface area contributed by atoms with Gasteiger partial charge in [-0.2, -0.15) is 0 Å². The number of anilines is 1. The van der Waals surface area contributed by atoms with Crippen LogP contribution in [-0.4, -0.2) is 4.98 Å². The molecule has 0 aliphatic heterocycles. The number of rotatable bonds is 1. The van der Waals surface area contributed by atoms with Crippen LogP contribution in [-0.2, 0) is 0 Å². The number of nitrogens with zero attached hydrogens (tertiary/aromatic N) is 1. The van der Waals surface area contributed by atoms with E-state index in [0.29, 0.717) is 5.82 Å². The molecule has 1 rings (SSSR count). The molecule has 0 unspecified atom stereocenters. The highest BCUT2D eigenvalue weighted by atomic mass is 16.5. The zero-order valence-electron chi connectivity index (χ0n) is 5.09. The minimum atomic E-state index is 0.362. The summed E-state index contributed by atoms with van der Waals surface area (Å²) in [6.45, 7) is 1.92. The van der Waals surface area contributed by atoms with Gasteiger partial charge in [0.25, 0.3) is 0 Å². The summed E-state index contributed by atoms with van der Waals surface area (Å²) in [7, 11) is 0. The molecule has 1 aromatic rings. The third-order valence-electron chi connectivity index (χ3n) is 1.02. The van der Waals surface area contributed by atoms with Crippen molar-refractivity contribution in [3.05, 3.63) is 29.1 Å². The van der Waals surface area contributed by atoms with Crippen molar-refractivity contribution in [1.29, 1.82) is 0 Å². The smallest absolute Gasteiger partial charge is 0.115 e. The fraction of sp³-hybridized carbons (Fsp3) is 0.167. The molecule has 0 radical (unpaired) electrons. The summed E-state index contributed by atoms with van der Waals surface area (Å²) < 4.78 is 0. The topological polar surface area (TPSA) is 48.0 Å². The van der Waals surface area contributed by atoms with Crippen LogP contribution in [0.5, 0.6) is 0 Å². The maximum Gasteiger partial charge on any atom is 0.115 e. The molecule has 0 fully saturated rings. The van der Waals surface area contributed by atoms with E-state index in [2.05, 4.69) is 4.98 Å². The molecule has 3 nitrogen and oxygen atoms in total. The Morgan fingerprint density at radius 1 is 1.56 bits per heavy atom. The largest absolute Gasteiger partial charge is 0.760 e. The summed E-state index contributed by atoms with van der Waals surface area (Å²) in [6, 6.07) is 3.47. The molecule has 0 aromatic carbocycles. The summed E-state index contributed by atoms with van der Waals surface area (Å²) >= 11 is 0. The maximum atomic E-state index is 9.93. The Bertz CT molecular complexity index is 183. The third kappa shape index (κ3) is 1.40. The second-order valence-electron chi connectivity index (χ2n) is 1.82. The Balaban J connectivity index is 2.88. The SMILES string of the molecule is Cc1ccc(N[O-])nc1. The number of nitrogens with one attached hydrogen (secondary N) is 1. The van der Waals surface area contributed by atoms with Gasteiger partial charge in [-0.25, -0.2) is 4.98 Å². The van der Waals surface area contributed by atoms with Crippen molar-refractivity contribution in [1.82, 2.24) is 4.98 Å². The highest BCUT2D eigenvalue weighted by Crippen LogP contribution is 2.01. The Labute approximate surface area is 53.3 Å². The van der Waals surface area contributed by atoms with Crippen LogP contribution in [0.4, 0.5) is 5.82 Å². The molecule has 0 aliphatic rings. The fourth-order valence-electron chi connectivity index (χ4n) is 0.528. The Hall–Kier alpha value is -1.09. The zero-order chi connectivity index (χ0) is 6.69. The first-order chi connectivity index (χ1) is 4.33. The molecule has 1 heterocycles. The van der Waals surface area contributed by atoms with Gasteiger partial charge in [0, 0.05) is 6.20 Å². The highest BCUT2D eigenvalue weighted by Gasteiger charge is 1.83. The molecule has 9 heavy (non-hydrogen) atoms. The van der Waals surface area contributed by atoms with E-state index in [-0.39, 0.29) is 0 Å². The van der Waals surface area contributed by atoms with Crippen LogP contribution in [0.3, 0.4) is 0 Å². The molecule has 1 aromatic heterocycles. The number of hydrogen-bond donors (Lipinski definition) is 1.